The highest BCUT2D eigenvalue weighted by molar-refractivity contribution is 7.99. The Morgan fingerprint density at radius 1 is 0.350 bits per heavy atom. The summed E-state index contributed by atoms with van der Waals surface area (Å²) in [4.78, 5) is 48.7. The van der Waals surface area contributed by atoms with Gasteiger partial charge in [0.1, 0.15) is 176 Å². The Morgan fingerprint density at radius 3 is 0.845 bits per heavy atom. The van der Waals surface area contributed by atoms with Crippen LogP contribution in [0.1, 0.15) is 26.2 Å². The zero-order valence-corrected chi connectivity index (χ0v) is 57.2. The average Bonchev–Trinajstić information content (AvgIpc) is 0.785. The third-order valence-corrected chi connectivity index (χ3v) is 20.9. The van der Waals surface area contributed by atoms with E-state index >= 15 is 0 Å². The van der Waals surface area contributed by atoms with Gasteiger partial charge in [-0.2, -0.15) is 23.5 Å². The van der Waals surface area contributed by atoms with Crippen molar-refractivity contribution < 1.29 is 202 Å². The Hall–Kier alpha value is -2.46. The molecule has 0 aromatic heterocycles. The fourth-order valence-electron chi connectivity index (χ4n) is 12.6. The predicted molar refractivity (Wildman–Crippen MR) is 332 cm³/mol. The summed E-state index contributed by atoms with van der Waals surface area (Å²) in [5.41, 5.74) is 0. The number of nitrogens with one attached hydrogen (secondary N) is 1. The number of rotatable bonds is 27. The highest BCUT2D eigenvalue weighted by Crippen LogP contribution is 2.40. The zero-order valence-electron chi connectivity index (χ0n) is 55.5. The van der Waals surface area contributed by atoms with Crippen LogP contribution in [0.2, 0.25) is 0 Å². The van der Waals surface area contributed by atoms with Crippen LogP contribution in [0.5, 0.6) is 0 Å². The number of Topliss-reactive ketones (excluding diaryl/α,β-unsaturated/α-hetero) is 2. The number of hydrogen-bond donors (Lipinski definition) is 22. The van der Waals surface area contributed by atoms with E-state index in [9.17, 15) is 126 Å². The van der Waals surface area contributed by atoms with Crippen LogP contribution < -0.4 is 5.32 Å². The Kier molecular flexibility index (Phi) is 33.4. The summed E-state index contributed by atoms with van der Waals surface area (Å²) in [5.74, 6) is -6.08. The first-order valence-corrected chi connectivity index (χ1v) is 35.5. The topological polar surface area (TPSA) is 653 Å². The van der Waals surface area contributed by atoms with Crippen molar-refractivity contribution in [2.24, 2.45) is 5.92 Å². The molecule has 21 aliphatic rings. The van der Waals surface area contributed by atoms with E-state index in [-0.39, 0.29) is 62.3 Å². The lowest BCUT2D eigenvalue weighted by Crippen LogP contribution is -2.68. The van der Waals surface area contributed by atoms with E-state index in [1.54, 1.807) is 0 Å². The van der Waals surface area contributed by atoms with E-state index in [4.69, 9.17) is 75.8 Å². The van der Waals surface area contributed by atoms with E-state index in [0.717, 1.165) is 23.5 Å². The number of thioether (sulfide) groups is 2. The van der Waals surface area contributed by atoms with E-state index < -0.39 is 290 Å². The zero-order chi connectivity index (χ0) is 75.4. The lowest BCUT2D eigenvalue weighted by molar-refractivity contribution is -0.395. The lowest BCUT2D eigenvalue weighted by Gasteiger charge is -2.50. The van der Waals surface area contributed by atoms with Crippen LogP contribution in [-0.4, -0.2) is 441 Å². The normalized spacial score (nSPS) is 44.9. The molecule has 0 aromatic carbocycles. The van der Waals surface area contributed by atoms with Gasteiger partial charge in [0.25, 0.3) is 0 Å². The molecule has 14 bridgehead atoms. The maximum absolute atomic E-state index is 13.0. The molecule has 0 amide bonds. The molecule has 21 aliphatic heterocycles. The molecular weight excluding hydrogens is 1440 g/mol. The number of ketones is 2. The van der Waals surface area contributed by atoms with Crippen LogP contribution in [0.15, 0.2) is 0 Å². The summed E-state index contributed by atoms with van der Waals surface area (Å²) in [7, 11) is 1.35. The monoisotopic (exact) mass is 1540 g/mol. The number of carbonyl (C=O) groups is 4. The van der Waals surface area contributed by atoms with Gasteiger partial charge in [-0.15, -0.1) is 0 Å². The first kappa shape index (κ1) is 86.1. The molecule has 21 heterocycles. The Morgan fingerprint density at radius 2 is 0.602 bits per heavy atom. The highest BCUT2D eigenvalue weighted by atomic mass is 32.2. The molecule has 0 aromatic rings. The third kappa shape index (κ3) is 21.0. The van der Waals surface area contributed by atoms with Crippen LogP contribution in [0.3, 0.4) is 0 Å². The largest absolute Gasteiger partial charge is 0.481 e. The molecule has 21 fully saturated rings. The quantitative estimate of drug-likeness (QED) is 0.0340. The molecule has 22 N–H and O–H groups in total. The van der Waals surface area contributed by atoms with Crippen LogP contribution in [-0.2, 0) is 95.0 Å². The number of aliphatic carboxylic acids is 2. The smallest absolute Gasteiger partial charge is 0.321 e. The molecule has 21 saturated heterocycles. The Labute approximate surface area is 595 Å². The molecule has 0 spiro atoms. The highest BCUT2D eigenvalue weighted by Gasteiger charge is 2.60. The van der Waals surface area contributed by atoms with Gasteiger partial charge in [0.15, 0.2) is 44.0 Å². The first-order valence-electron chi connectivity index (χ1n) is 33.2. The minimum Gasteiger partial charge on any atom is -0.481 e. The summed E-state index contributed by atoms with van der Waals surface area (Å²) < 4.78 is 93.3. The van der Waals surface area contributed by atoms with Crippen molar-refractivity contribution in [1.29, 1.82) is 0 Å². The number of carboxylic acids is 2. The second-order valence-electron chi connectivity index (χ2n) is 25.7. The number of ether oxygens (including phenoxy) is 16. The number of carboxylic acid groups (broad SMARTS) is 2. The van der Waals surface area contributed by atoms with Gasteiger partial charge < -0.3 is 188 Å². The summed E-state index contributed by atoms with van der Waals surface area (Å²) in [6.45, 7) is -3.91. The third-order valence-electron chi connectivity index (χ3n) is 18.6. The fraction of sp³-hybridized carbons (Fsp3) is 0.932. The summed E-state index contributed by atoms with van der Waals surface area (Å²) in [5, 5.41) is 239. The summed E-state index contributed by atoms with van der Waals surface area (Å²) >= 11 is 1.66. The molecule has 0 radical (unpaired) electrons. The van der Waals surface area contributed by atoms with Crippen molar-refractivity contribution in [3.05, 3.63) is 0 Å². The molecule has 103 heavy (non-hydrogen) atoms. The van der Waals surface area contributed by atoms with Gasteiger partial charge in [0.2, 0.25) is 0 Å². The number of likely N-dealkylation sites (N-methyl/N-ethyl adjacent to an activating group) is 1. The summed E-state index contributed by atoms with van der Waals surface area (Å²) in [6, 6.07) is -1.18. The summed E-state index contributed by atoms with van der Waals surface area (Å²) in [6.07, 6.45) is -73.1. The number of aliphatic hydroxyl groups is 19. The Balaban J connectivity index is 1.08. The number of aliphatic hydroxyl groups excluding tert-OH is 19. The molecule has 0 saturated carbocycles. The molecule has 44 heteroatoms. The maximum atomic E-state index is 13.0. The predicted octanol–water partition coefficient (Wildman–Crippen LogP) is -13.0. The molecule has 14 unspecified atom stereocenters. The minimum atomic E-state index is -2.31. The second-order valence-corrected chi connectivity index (χ2v) is 27.9. The molecule has 0 aliphatic carbocycles. The second kappa shape index (κ2) is 40.0. The number of hydrogen-bond acceptors (Lipinski definition) is 42. The van der Waals surface area contributed by atoms with Crippen molar-refractivity contribution in [3.8, 4) is 0 Å². The SMILES string of the molecule is CN[C@H](CSCC1O[C@H]2O[C@@H]3C(CO)O[C@H](O[C@@H]4C(CO)O[C@H](O[C@@H]5C(CO)O[C@H](O[C@@H]6C(CSC[C@@H](CC(=O)CCOCCOCCC(C)=O)C(=O)O)O[C@H](O[C@@H]7C(CO)O[C@@H](O[C@@H]8C(CO)O[C@@H](O[C@H]1[C@H](O)C2O)C(O)[C@H]8O)C(O)[C@H]7O)[C@@H](O)C6O)[C@@H](O)C5O)C(O)[C@H]4O)C(O)[C@H]3O)C(=O)O. The van der Waals surface area contributed by atoms with Crippen molar-refractivity contribution in [3.63, 3.8) is 0 Å². The molecule has 37 atom stereocenters. The minimum absolute atomic E-state index is 0.0645. The molecule has 596 valence electrons. The molecule has 21 rings (SSSR count). The molecule has 42 nitrogen and oxygen atoms in total. The van der Waals surface area contributed by atoms with E-state index in [1.807, 2.05) is 0 Å². The first-order chi connectivity index (χ1) is 49.0. The van der Waals surface area contributed by atoms with E-state index in [1.165, 1.54) is 14.0 Å². The van der Waals surface area contributed by atoms with Crippen molar-refractivity contribution >= 4 is 47.0 Å². The van der Waals surface area contributed by atoms with Gasteiger partial charge in [0, 0.05) is 42.3 Å². The molecular formula is C59H97NO41S2. The van der Waals surface area contributed by atoms with Crippen LogP contribution in [0.4, 0.5) is 0 Å². The van der Waals surface area contributed by atoms with Crippen molar-refractivity contribution in [2.45, 2.75) is 247 Å². The van der Waals surface area contributed by atoms with Crippen LogP contribution >= 0.6 is 23.5 Å². The maximum Gasteiger partial charge on any atom is 0.321 e. The van der Waals surface area contributed by atoms with Gasteiger partial charge in [-0.3, -0.25) is 19.2 Å². The Bertz CT molecular complexity index is 2610. The van der Waals surface area contributed by atoms with Crippen molar-refractivity contribution in [1.82, 2.24) is 5.32 Å². The van der Waals surface area contributed by atoms with Gasteiger partial charge >= 0.3 is 11.9 Å². The van der Waals surface area contributed by atoms with E-state index in [2.05, 4.69) is 5.32 Å². The lowest BCUT2D eigenvalue weighted by atomic mass is 9.95. The van der Waals surface area contributed by atoms with Gasteiger partial charge in [-0.1, -0.05) is 0 Å². The number of carbonyl (C=O) groups excluding carboxylic acids is 2. The van der Waals surface area contributed by atoms with Gasteiger partial charge in [0.05, 0.1) is 77.6 Å². The van der Waals surface area contributed by atoms with Gasteiger partial charge in [-0.25, -0.2) is 0 Å². The van der Waals surface area contributed by atoms with Gasteiger partial charge in [-0.05, 0) is 14.0 Å². The van der Waals surface area contributed by atoms with E-state index in [0.29, 0.717) is 0 Å². The van der Waals surface area contributed by atoms with Crippen LogP contribution in [0.25, 0.3) is 0 Å². The average molecular weight is 1540 g/mol. The van der Waals surface area contributed by atoms with Crippen LogP contribution in [0, 0.1) is 5.92 Å². The van der Waals surface area contributed by atoms with Crippen molar-refractivity contribution in [2.75, 3.05) is 89.5 Å². The standard InChI is InChI=1S/C59H97NO41S2/c1-19(66)3-5-86-7-8-87-6-4-21(67)9-20(51(82)83)15-102-17-28-49-35(73)42(80)58(93-28)98-47-26(13-64)89-55(38(76)31(47)69)97-46-25(12-63)92-57(41(79)34(46)72)101-50-29(18-103-16-22(60-2)52(84)85)94-59(43(81)36(50)74)99-48-27(14-65)90-54(39(77)32(48)70)95-44-23(10-61)88-53(37(75)30(44)68)96-45-24(11-62)91-56(100-49)40(78)33(45)71/h20,22-50,53-65,68-81H,3-18H2,1-2H3,(H,82,83)(H,84,85)/t20-,22-,23?,24?,25?,26?,27?,28?,29?,30-,31-,32-,33?,34-,35?,36-,37?,38?,39?,40+,41?,42+,43?,44-,45-,46-,47-,48-,49-,50-,53-,54-,55+,56-,57+,58-,59+/m1/s1. The fourth-order valence-corrected chi connectivity index (χ4v) is 15.0.